The number of fused-ring (bicyclic) bond motifs is 1. The Morgan fingerprint density at radius 2 is 1.69 bits per heavy atom. The Bertz CT molecular complexity index is 1230. The van der Waals surface area contributed by atoms with Gasteiger partial charge in [0.05, 0.1) is 19.2 Å². The lowest BCUT2D eigenvalue weighted by atomic mass is 10.1. The zero-order chi connectivity index (χ0) is 25.0. The maximum absolute atomic E-state index is 12.3. The molecule has 0 bridgehead atoms. The van der Waals surface area contributed by atoms with Gasteiger partial charge >= 0.3 is 0 Å². The highest BCUT2D eigenvalue weighted by molar-refractivity contribution is 6.04. The summed E-state index contributed by atoms with van der Waals surface area (Å²) in [7, 11) is 1.57. The van der Waals surface area contributed by atoms with Crippen LogP contribution < -0.4 is 19.5 Å². The van der Waals surface area contributed by atoms with E-state index in [1.54, 1.807) is 61.8 Å². The Labute approximate surface area is 205 Å². The fourth-order valence-corrected chi connectivity index (χ4v) is 3.26. The van der Waals surface area contributed by atoms with E-state index in [2.05, 4.69) is 10.3 Å². The van der Waals surface area contributed by atoms with Gasteiger partial charge in [0.15, 0.2) is 11.5 Å². The van der Waals surface area contributed by atoms with Crippen LogP contribution in [0, 0.1) is 0 Å². The van der Waals surface area contributed by atoms with Gasteiger partial charge in [0.25, 0.3) is 5.91 Å². The van der Waals surface area contributed by atoms with Gasteiger partial charge in [-0.25, -0.2) is 0 Å². The summed E-state index contributed by atoms with van der Waals surface area (Å²) < 4.78 is 17.3. The normalized spacial score (nSPS) is 10.2. The molecule has 7 heteroatoms. The first-order chi connectivity index (χ1) is 17.2. The van der Waals surface area contributed by atoms with Crippen LogP contribution in [-0.2, 0) is 0 Å². The van der Waals surface area contributed by atoms with Gasteiger partial charge in [-0.2, -0.15) is 0 Å². The van der Waals surface area contributed by atoms with Gasteiger partial charge in [-0.1, -0.05) is 32.0 Å². The number of ether oxygens (including phenoxy) is 3. The number of methoxy groups -OCH3 is 1. The highest BCUT2D eigenvalue weighted by Gasteiger charge is 2.12. The van der Waals surface area contributed by atoms with Crippen LogP contribution in [0.15, 0.2) is 79.0 Å². The molecule has 7 nitrogen and oxygen atoms in total. The lowest BCUT2D eigenvalue weighted by Gasteiger charge is -2.14. The Balaban J connectivity index is 0.00000167. The number of hydrogen-bond donors (Lipinski definition) is 2. The van der Waals surface area contributed by atoms with E-state index in [1.807, 2.05) is 38.1 Å². The molecule has 2 N–H and O–H groups in total. The number of carbonyl (C=O) groups is 1. The van der Waals surface area contributed by atoms with E-state index in [-0.39, 0.29) is 12.5 Å². The second-order valence-corrected chi connectivity index (χ2v) is 7.20. The van der Waals surface area contributed by atoms with Crippen LogP contribution in [0.4, 0.5) is 5.69 Å². The molecule has 1 heterocycles. The van der Waals surface area contributed by atoms with E-state index in [0.717, 1.165) is 5.39 Å². The number of aromatic nitrogens is 1. The quantitative estimate of drug-likeness (QED) is 0.286. The van der Waals surface area contributed by atoms with Gasteiger partial charge in [-0.15, -0.1) is 0 Å². The smallest absolute Gasteiger partial charge is 0.255 e. The van der Waals surface area contributed by atoms with Crippen LogP contribution in [0.2, 0.25) is 0 Å². The Morgan fingerprint density at radius 1 is 0.943 bits per heavy atom. The number of nitrogens with zero attached hydrogens (tertiary/aromatic N) is 1. The summed E-state index contributed by atoms with van der Waals surface area (Å²) in [6.07, 6.45) is 2.19. The highest BCUT2D eigenvalue weighted by Crippen LogP contribution is 2.37. The van der Waals surface area contributed by atoms with Crippen molar-refractivity contribution in [2.45, 2.75) is 20.3 Å². The minimum atomic E-state index is -0.173. The third kappa shape index (κ3) is 6.71. The molecule has 0 aliphatic carbocycles. The van der Waals surface area contributed by atoms with Crippen molar-refractivity contribution >= 4 is 22.5 Å². The van der Waals surface area contributed by atoms with Crippen LogP contribution >= 0.6 is 0 Å². The number of benzene rings is 3. The minimum Gasteiger partial charge on any atom is -0.493 e. The van der Waals surface area contributed by atoms with Crippen molar-refractivity contribution in [1.82, 2.24) is 4.98 Å². The number of aliphatic hydroxyl groups is 1. The molecular weight excluding hydrogens is 444 g/mol. The summed E-state index contributed by atoms with van der Waals surface area (Å²) in [5, 5.41) is 12.6. The summed E-state index contributed by atoms with van der Waals surface area (Å²) >= 11 is 0. The summed E-state index contributed by atoms with van der Waals surface area (Å²) in [6.45, 7) is 4.43. The first-order valence-electron chi connectivity index (χ1n) is 11.5. The molecule has 0 aliphatic heterocycles. The van der Waals surface area contributed by atoms with E-state index in [1.165, 1.54) is 0 Å². The molecule has 0 unspecified atom stereocenters. The van der Waals surface area contributed by atoms with Crippen molar-refractivity contribution < 1.29 is 24.1 Å². The zero-order valence-electron chi connectivity index (χ0n) is 20.2. The van der Waals surface area contributed by atoms with Crippen LogP contribution in [0.5, 0.6) is 23.0 Å². The van der Waals surface area contributed by atoms with Crippen LogP contribution in [-0.4, -0.2) is 36.3 Å². The number of carbonyl (C=O) groups excluding carboxylic acids is 1. The summed E-state index contributed by atoms with van der Waals surface area (Å²) in [6, 6.07) is 21.6. The lowest BCUT2D eigenvalue weighted by molar-refractivity contribution is 0.102. The number of hydrogen-bond acceptors (Lipinski definition) is 6. The van der Waals surface area contributed by atoms with Crippen molar-refractivity contribution in [3.05, 3.63) is 84.6 Å². The monoisotopic (exact) mass is 474 g/mol. The van der Waals surface area contributed by atoms with Gasteiger partial charge in [0, 0.05) is 41.9 Å². The third-order valence-electron chi connectivity index (χ3n) is 4.92. The van der Waals surface area contributed by atoms with E-state index >= 15 is 0 Å². The molecule has 0 radical (unpaired) electrons. The molecule has 182 valence electrons. The van der Waals surface area contributed by atoms with Gasteiger partial charge < -0.3 is 24.6 Å². The number of pyridine rings is 1. The molecule has 0 saturated heterocycles. The average Bonchev–Trinajstić information content (AvgIpc) is 2.91. The zero-order valence-corrected chi connectivity index (χ0v) is 20.2. The third-order valence-corrected chi connectivity index (χ3v) is 4.92. The molecule has 4 rings (SSSR count). The number of nitrogens with one attached hydrogen (secondary N) is 1. The van der Waals surface area contributed by atoms with Crippen LogP contribution in [0.1, 0.15) is 30.6 Å². The van der Waals surface area contributed by atoms with E-state index < -0.39 is 0 Å². The molecule has 0 spiro atoms. The predicted molar refractivity (Wildman–Crippen MR) is 138 cm³/mol. The van der Waals surface area contributed by atoms with Crippen LogP contribution in [0.25, 0.3) is 10.9 Å². The fourth-order valence-electron chi connectivity index (χ4n) is 3.26. The molecule has 3 aromatic carbocycles. The molecular formula is C28H30N2O5. The van der Waals surface area contributed by atoms with Crippen LogP contribution in [0.3, 0.4) is 0 Å². The lowest BCUT2D eigenvalue weighted by Crippen LogP contribution is -2.11. The van der Waals surface area contributed by atoms with E-state index in [4.69, 9.17) is 19.3 Å². The summed E-state index contributed by atoms with van der Waals surface area (Å²) in [4.78, 5) is 16.7. The molecule has 0 atom stereocenters. The van der Waals surface area contributed by atoms with E-state index in [9.17, 15) is 4.79 Å². The van der Waals surface area contributed by atoms with Gasteiger partial charge in [-0.3, -0.25) is 9.78 Å². The molecule has 0 fully saturated rings. The predicted octanol–water partition coefficient (Wildman–Crippen LogP) is 6.08. The first-order valence-corrected chi connectivity index (χ1v) is 11.5. The average molecular weight is 475 g/mol. The summed E-state index contributed by atoms with van der Waals surface area (Å²) in [5.41, 5.74) is 1.95. The minimum absolute atomic E-state index is 0.0564. The second-order valence-electron chi connectivity index (χ2n) is 7.20. The maximum atomic E-state index is 12.3. The molecule has 35 heavy (non-hydrogen) atoms. The molecule has 4 aromatic rings. The molecule has 0 saturated carbocycles. The van der Waals surface area contributed by atoms with Gasteiger partial charge in [-0.05, 0) is 48.5 Å². The summed E-state index contributed by atoms with van der Waals surface area (Å²) in [5.74, 6) is 2.16. The van der Waals surface area contributed by atoms with Crippen molar-refractivity contribution in [1.29, 1.82) is 0 Å². The van der Waals surface area contributed by atoms with Gasteiger partial charge in [0.2, 0.25) is 0 Å². The van der Waals surface area contributed by atoms with Crippen molar-refractivity contribution in [3.63, 3.8) is 0 Å². The number of aliphatic hydroxyl groups excluding tert-OH is 1. The SMILES string of the molecule is CC.COc1cc2c(Oc3ccc(NC(=O)c4ccccc4)cc3)ccnc2cc1OCCCO. The highest BCUT2D eigenvalue weighted by atomic mass is 16.5. The molecule has 1 amide bonds. The number of rotatable bonds is 9. The first kappa shape index (κ1) is 25.5. The Hall–Kier alpha value is -4.10. The Morgan fingerprint density at radius 3 is 2.37 bits per heavy atom. The van der Waals surface area contributed by atoms with Crippen molar-refractivity contribution in [2.24, 2.45) is 0 Å². The Kier molecular flexibility index (Phi) is 9.45. The fraction of sp³-hybridized carbons (Fsp3) is 0.214. The molecule has 0 aliphatic rings. The van der Waals surface area contributed by atoms with Crippen molar-refractivity contribution in [2.75, 3.05) is 25.6 Å². The topological polar surface area (TPSA) is 89.9 Å². The maximum Gasteiger partial charge on any atom is 0.255 e. The second kappa shape index (κ2) is 13.0. The number of anilines is 1. The molecule has 1 aromatic heterocycles. The van der Waals surface area contributed by atoms with E-state index in [0.29, 0.717) is 52.8 Å². The standard InChI is InChI=1S/C26H24N2O5.C2H6/c1-31-24-16-21-22(17-25(24)32-15-5-14-29)27-13-12-23(21)33-20-10-8-19(9-11-20)28-26(30)18-6-3-2-4-7-18;1-2/h2-4,6-13,16-17,29H,5,14-15H2,1H3,(H,28,30);1-2H3. The van der Waals surface area contributed by atoms with Gasteiger partial charge in [0.1, 0.15) is 11.5 Å². The largest absolute Gasteiger partial charge is 0.493 e. The van der Waals surface area contributed by atoms with Crippen molar-refractivity contribution in [3.8, 4) is 23.0 Å². The number of amides is 1.